The summed E-state index contributed by atoms with van der Waals surface area (Å²) in [6.45, 7) is 11.7. The summed E-state index contributed by atoms with van der Waals surface area (Å²) >= 11 is 0. The molecular weight excluding hydrogens is 279 g/mol. The largest absolute Gasteiger partial charge is 0.389 e. The van der Waals surface area contributed by atoms with Crippen molar-refractivity contribution in [3.8, 4) is 0 Å². The Kier molecular flexibility index (Phi) is 6.94. The van der Waals surface area contributed by atoms with Gasteiger partial charge in [-0.3, -0.25) is 4.90 Å². The Morgan fingerprint density at radius 3 is 2.05 bits per heavy atom. The molecule has 1 atom stereocenters. The molecule has 0 spiro atoms. The van der Waals surface area contributed by atoms with Gasteiger partial charge in [-0.25, -0.2) is 0 Å². The Morgan fingerprint density at radius 1 is 1.05 bits per heavy atom. The number of piperazine rings is 1. The fraction of sp³-hybridized carbons (Fsp3) is 1.00. The second-order valence-electron chi connectivity index (χ2n) is 6.85. The second-order valence-corrected chi connectivity index (χ2v) is 6.85. The van der Waals surface area contributed by atoms with Gasteiger partial charge in [0.1, 0.15) is 0 Å². The van der Waals surface area contributed by atoms with Gasteiger partial charge in [-0.15, -0.1) is 0 Å². The second kappa shape index (κ2) is 7.79. The van der Waals surface area contributed by atoms with E-state index in [-0.39, 0.29) is 12.0 Å². The molecule has 0 saturated carbocycles. The van der Waals surface area contributed by atoms with E-state index in [4.69, 9.17) is 5.73 Å². The lowest BCUT2D eigenvalue weighted by molar-refractivity contribution is -0.137. The summed E-state index contributed by atoms with van der Waals surface area (Å²) in [5.74, 6) is 0.643. The summed E-state index contributed by atoms with van der Waals surface area (Å²) in [4.78, 5) is 4.70. The van der Waals surface area contributed by atoms with E-state index in [1.54, 1.807) is 0 Å². The first-order valence-corrected chi connectivity index (χ1v) is 7.90. The monoisotopic (exact) mass is 309 g/mol. The average molecular weight is 309 g/mol. The highest BCUT2D eigenvalue weighted by Gasteiger charge is 2.34. The van der Waals surface area contributed by atoms with Crippen molar-refractivity contribution in [2.24, 2.45) is 11.7 Å². The van der Waals surface area contributed by atoms with Crippen molar-refractivity contribution >= 4 is 0 Å². The first kappa shape index (κ1) is 18.7. The van der Waals surface area contributed by atoms with Gasteiger partial charge in [-0.1, -0.05) is 13.8 Å². The summed E-state index contributed by atoms with van der Waals surface area (Å²) < 4.78 is 36.9. The van der Waals surface area contributed by atoms with Gasteiger partial charge in [-0.05, 0) is 25.7 Å². The highest BCUT2D eigenvalue weighted by Crippen LogP contribution is 2.28. The van der Waals surface area contributed by atoms with E-state index in [0.29, 0.717) is 18.9 Å². The fourth-order valence-electron chi connectivity index (χ4n) is 3.05. The molecule has 1 heterocycles. The van der Waals surface area contributed by atoms with Gasteiger partial charge in [0.2, 0.25) is 0 Å². The molecule has 126 valence electrons. The van der Waals surface area contributed by atoms with Crippen LogP contribution in [0, 0.1) is 5.92 Å². The van der Waals surface area contributed by atoms with Gasteiger partial charge < -0.3 is 10.6 Å². The molecule has 0 aromatic rings. The third-order valence-corrected chi connectivity index (χ3v) is 4.37. The molecule has 1 saturated heterocycles. The molecule has 1 unspecified atom stereocenters. The minimum Gasteiger partial charge on any atom is -0.329 e. The topological polar surface area (TPSA) is 32.5 Å². The maximum Gasteiger partial charge on any atom is 0.389 e. The Morgan fingerprint density at radius 2 is 1.62 bits per heavy atom. The summed E-state index contributed by atoms with van der Waals surface area (Å²) in [5.41, 5.74) is 5.56. The van der Waals surface area contributed by atoms with Crippen molar-refractivity contribution < 1.29 is 13.2 Å². The van der Waals surface area contributed by atoms with Crippen molar-refractivity contribution in [1.82, 2.24) is 9.80 Å². The molecule has 0 amide bonds. The Labute approximate surface area is 126 Å². The standard InChI is InChI=1S/C15H30F3N3/c1-13(2)11-20-7-9-21(10-8-20)14(3,12-19)5-4-6-15(16,17)18/h13H,4-12,19H2,1-3H3. The molecule has 6 heteroatoms. The Bertz CT molecular complexity index is 299. The molecule has 0 radical (unpaired) electrons. The molecule has 0 aromatic carbocycles. The number of alkyl halides is 3. The third-order valence-electron chi connectivity index (χ3n) is 4.37. The zero-order valence-corrected chi connectivity index (χ0v) is 13.5. The van der Waals surface area contributed by atoms with Crippen LogP contribution in [0.25, 0.3) is 0 Å². The van der Waals surface area contributed by atoms with Crippen molar-refractivity contribution in [3.63, 3.8) is 0 Å². The van der Waals surface area contributed by atoms with E-state index in [1.807, 2.05) is 6.92 Å². The van der Waals surface area contributed by atoms with Crippen molar-refractivity contribution in [2.45, 2.75) is 51.7 Å². The van der Waals surface area contributed by atoms with Crippen LogP contribution < -0.4 is 5.73 Å². The summed E-state index contributed by atoms with van der Waals surface area (Å²) in [6.07, 6.45) is -4.11. The SMILES string of the molecule is CC(C)CN1CCN(C(C)(CN)CCCC(F)(F)F)CC1. The smallest absolute Gasteiger partial charge is 0.329 e. The molecule has 1 aliphatic rings. The lowest BCUT2D eigenvalue weighted by Crippen LogP contribution is -2.59. The van der Waals surface area contributed by atoms with Crippen LogP contribution in [0.1, 0.15) is 40.0 Å². The van der Waals surface area contributed by atoms with Crippen molar-refractivity contribution in [3.05, 3.63) is 0 Å². The van der Waals surface area contributed by atoms with Crippen molar-refractivity contribution in [1.29, 1.82) is 0 Å². The maximum absolute atomic E-state index is 12.3. The van der Waals surface area contributed by atoms with Crippen LogP contribution in [0.4, 0.5) is 13.2 Å². The molecule has 3 nitrogen and oxygen atoms in total. The highest BCUT2D eigenvalue weighted by molar-refractivity contribution is 4.90. The predicted molar refractivity (Wildman–Crippen MR) is 80.2 cm³/mol. The fourth-order valence-corrected chi connectivity index (χ4v) is 3.05. The van der Waals surface area contributed by atoms with Crippen LogP contribution in [0.3, 0.4) is 0 Å². The van der Waals surface area contributed by atoms with Gasteiger partial charge in [0, 0.05) is 51.2 Å². The quantitative estimate of drug-likeness (QED) is 0.785. The van der Waals surface area contributed by atoms with Gasteiger partial charge in [0.05, 0.1) is 0 Å². The molecule has 0 bridgehead atoms. The molecule has 0 aliphatic carbocycles. The Hall–Kier alpha value is -0.330. The maximum atomic E-state index is 12.3. The molecule has 21 heavy (non-hydrogen) atoms. The first-order valence-electron chi connectivity index (χ1n) is 7.90. The summed E-state index contributed by atoms with van der Waals surface area (Å²) in [6, 6.07) is 0. The molecule has 1 aliphatic heterocycles. The lowest BCUT2D eigenvalue weighted by Gasteiger charge is -2.46. The van der Waals surface area contributed by atoms with E-state index >= 15 is 0 Å². The normalized spacial score (nSPS) is 21.7. The lowest BCUT2D eigenvalue weighted by atomic mass is 9.91. The van der Waals surface area contributed by atoms with Crippen LogP contribution in [-0.4, -0.2) is 60.8 Å². The number of rotatable bonds is 7. The van der Waals surface area contributed by atoms with Crippen LogP contribution in [-0.2, 0) is 0 Å². The number of hydrogen-bond acceptors (Lipinski definition) is 3. The molecule has 2 N–H and O–H groups in total. The average Bonchev–Trinajstić information content (AvgIpc) is 2.37. The van der Waals surface area contributed by atoms with E-state index in [1.165, 1.54) is 0 Å². The first-order chi connectivity index (χ1) is 9.66. The van der Waals surface area contributed by atoms with Gasteiger partial charge in [0.15, 0.2) is 0 Å². The van der Waals surface area contributed by atoms with Crippen LogP contribution >= 0.6 is 0 Å². The van der Waals surface area contributed by atoms with Crippen molar-refractivity contribution in [2.75, 3.05) is 39.3 Å². The van der Waals surface area contributed by atoms with Gasteiger partial charge >= 0.3 is 6.18 Å². The summed E-state index contributed by atoms with van der Waals surface area (Å²) in [7, 11) is 0. The Balaban J connectivity index is 2.45. The third kappa shape index (κ3) is 6.53. The molecular formula is C15H30F3N3. The van der Waals surface area contributed by atoms with Crippen LogP contribution in [0.5, 0.6) is 0 Å². The van der Waals surface area contributed by atoms with E-state index in [2.05, 4.69) is 23.6 Å². The summed E-state index contributed by atoms with van der Waals surface area (Å²) in [5, 5.41) is 0. The molecule has 1 rings (SSSR count). The minimum absolute atomic E-state index is 0.156. The number of halogens is 3. The zero-order valence-electron chi connectivity index (χ0n) is 13.5. The number of nitrogens with zero attached hydrogens (tertiary/aromatic N) is 2. The molecule has 0 aromatic heterocycles. The van der Waals surface area contributed by atoms with E-state index in [9.17, 15) is 13.2 Å². The van der Waals surface area contributed by atoms with Crippen LogP contribution in [0.15, 0.2) is 0 Å². The highest BCUT2D eigenvalue weighted by atomic mass is 19.4. The minimum atomic E-state index is -4.06. The molecule has 1 fully saturated rings. The predicted octanol–water partition coefficient (Wildman–Crippen LogP) is 2.71. The zero-order chi connectivity index (χ0) is 16.1. The number of hydrogen-bond donors (Lipinski definition) is 1. The van der Waals surface area contributed by atoms with Crippen LogP contribution in [0.2, 0.25) is 0 Å². The van der Waals surface area contributed by atoms with E-state index in [0.717, 1.165) is 32.7 Å². The van der Waals surface area contributed by atoms with Gasteiger partial charge in [-0.2, -0.15) is 13.2 Å². The van der Waals surface area contributed by atoms with E-state index < -0.39 is 12.6 Å². The van der Waals surface area contributed by atoms with Gasteiger partial charge in [0.25, 0.3) is 0 Å². The number of nitrogens with two attached hydrogens (primary N) is 1.